The highest BCUT2D eigenvalue weighted by Crippen LogP contribution is 2.38. The Balaban J connectivity index is 3.99. The number of hydrogen-bond donors (Lipinski definition) is 2. The summed E-state index contributed by atoms with van der Waals surface area (Å²) in [6.07, 6.45) is 42.7. The van der Waals surface area contributed by atoms with Crippen molar-refractivity contribution >= 4 is 0 Å². The van der Waals surface area contributed by atoms with Crippen LogP contribution in [-0.4, -0.2) is 34.6 Å². The SMILES string of the molecule is CC(C)C(C)(CCCCCCCCCCCCCCCCCO)OC(C)(CCCCCCCCCCCCCCCCCO)C(C)C. The van der Waals surface area contributed by atoms with Gasteiger partial charge in [0.25, 0.3) is 0 Å². The Bertz CT molecular complexity index is 567. The Labute approximate surface area is 297 Å². The zero-order valence-electron chi connectivity index (χ0n) is 33.5. The summed E-state index contributed by atoms with van der Waals surface area (Å²) in [5.41, 5.74) is -0.0600. The van der Waals surface area contributed by atoms with Crippen molar-refractivity contribution in [3.63, 3.8) is 0 Å². The van der Waals surface area contributed by atoms with Crippen molar-refractivity contribution in [1.29, 1.82) is 0 Å². The van der Waals surface area contributed by atoms with Gasteiger partial charge in [0.05, 0.1) is 11.2 Å². The van der Waals surface area contributed by atoms with E-state index in [1.165, 1.54) is 193 Å². The van der Waals surface area contributed by atoms with Gasteiger partial charge in [-0.15, -0.1) is 0 Å². The van der Waals surface area contributed by atoms with Gasteiger partial charge in [0.2, 0.25) is 0 Å². The first-order valence-electron chi connectivity index (χ1n) is 21.6. The standard InChI is InChI=1S/C44H90O3/c1-41(2)43(5,37-33-29-25-21-17-13-9-7-11-15-19-23-27-31-35-39-45)47-44(6,42(3)4)38-34-30-26-22-18-14-10-8-12-16-20-24-28-32-36-40-46/h41-42,45-46H,7-40H2,1-6H3. The fourth-order valence-electron chi connectivity index (χ4n) is 7.22. The molecule has 0 spiro atoms. The predicted octanol–water partition coefficient (Wildman–Crippen LogP) is 14.3. The molecule has 2 unspecified atom stereocenters. The van der Waals surface area contributed by atoms with Gasteiger partial charge in [-0.1, -0.05) is 207 Å². The smallest absolute Gasteiger partial charge is 0.0684 e. The lowest BCUT2D eigenvalue weighted by Gasteiger charge is -2.45. The number of hydrogen-bond acceptors (Lipinski definition) is 3. The van der Waals surface area contributed by atoms with E-state index in [1.54, 1.807) is 0 Å². The molecular weight excluding hydrogens is 576 g/mol. The van der Waals surface area contributed by atoms with E-state index in [1.807, 2.05) is 0 Å². The molecule has 0 aliphatic carbocycles. The largest absolute Gasteiger partial charge is 0.396 e. The summed E-state index contributed by atoms with van der Waals surface area (Å²) in [4.78, 5) is 0. The van der Waals surface area contributed by atoms with Gasteiger partial charge >= 0.3 is 0 Å². The number of rotatable bonds is 38. The maximum atomic E-state index is 8.85. The van der Waals surface area contributed by atoms with Crippen LogP contribution in [0.1, 0.15) is 247 Å². The van der Waals surface area contributed by atoms with E-state index in [-0.39, 0.29) is 11.2 Å². The first-order valence-corrected chi connectivity index (χ1v) is 21.6. The summed E-state index contributed by atoms with van der Waals surface area (Å²) in [7, 11) is 0. The van der Waals surface area contributed by atoms with Gasteiger partial charge in [-0.3, -0.25) is 0 Å². The molecule has 2 atom stereocenters. The van der Waals surface area contributed by atoms with Crippen LogP contribution in [0, 0.1) is 11.8 Å². The van der Waals surface area contributed by atoms with Crippen LogP contribution in [-0.2, 0) is 4.74 Å². The van der Waals surface area contributed by atoms with Crippen LogP contribution in [0.3, 0.4) is 0 Å². The number of aliphatic hydroxyl groups excluding tert-OH is 2. The third kappa shape index (κ3) is 28.3. The third-order valence-corrected chi connectivity index (χ3v) is 11.6. The minimum Gasteiger partial charge on any atom is -0.396 e. The van der Waals surface area contributed by atoms with Crippen molar-refractivity contribution < 1.29 is 14.9 Å². The summed E-state index contributed by atoms with van der Waals surface area (Å²) >= 11 is 0. The summed E-state index contributed by atoms with van der Waals surface area (Å²) in [6, 6.07) is 0. The molecule has 3 nitrogen and oxygen atoms in total. The topological polar surface area (TPSA) is 49.7 Å². The minimum atomic E-state index is -0.0300. The molecule has 0 bridgehead atoms. The van der Waals surface area contributed by atoms with Gasteiger partial charge < -0.3 is 14.9 Å². The molecule has 0 fully saturated rings. The van der Waals surface area contributed by atoms with E-state index in [0.717, 1.165) is 12.8 Å². The van der Waals surface area contributed by atoms with Crippen molar-refractivity contribution in [3.8, 4) is 0 Å². The molecule has 47 heavy (non-hydrogen) atoms. The lowest BCUT2D eigenvalue weighted by Crippen LogP contribution is -2.47. The maximum Gasteiger partial charge on any atom is 0.0684 e. The average molecular weight is 667 g/mol. The summed E-state index contributed by atoms with van der Waals surface area (Å²) < 4.78 is 7.18. The summed E-state index contributed by atoms with van der Waals surface area (Å²) in [5, 5.41) is 17.7. The van der Waals surface area contributed by atoms with Crippen LogP contribution >= 0.6 is 0 Å². The molecule has 0 rings (SSSR count). The molecule has 0 aromatic rings. The van der Waals surface area contributed by atoms with Crippen LogP contribution in [0.4, 0.5) is 0 Å². The Morgan fingerprint density at radius 3 is 0.660 bits per heavy atom. The Morgan fingerprint density at radius 2 is 0.489 bits per heavy atom. The minimum absolute atomic E-state index is 0.0300. The molecule has 0 saturated carbocycles. The Morgan fingerprint density at radius 1 is 0.319 bits per heavy atom. The first-order chi connectivity index (χ1) is 22.7. The van der Waals surface area contributed by atoms with Gasteiger partial charge in [0, 0.05) is 13.2 Å². The normalized spacial score (nSPS) is 14.7. The molecular formula is C44H90O3. The van der Waals surface area contributed by atoms with Crippen molar-refractivity contribution in [1.82, 2.24) is 0 Å². The second-order valence-corrected chi connectivity index (χ2v) is 16.6. The van der Waals surface area contributed by atoms with Crippen LogP contribution in [0.5, 0.6) is 0 Å². The second kappa shape index (κ2) is 33.0. The molecule has 0 radical (unpaired) electrons. The van der Waals surface area contributed by atoms with Crippen molar-refractivity contribution in [3.05, 3.63) is 0 Å². The lowest BCUT2D eigenvalue weighted by atomic mass is 9.81. The van der Waals surface area contributed by atoms with Gasteiger partial charge in [0.1, 0.15) is 0 Å². The van der Waals surface area contributed by atoms with Crippen LogP contribution in [0.25, 0.3) is 0 Å². The quantitative estimate of drug-likeness (QED) is 0.0645. The fourth-order valence-corrected chi connectivity index (χ4v) is 7.22. The number of unbranched alkanes of at least 4 members (excludes halogenated alkanes) is 28. The van der Waals surface area contributed by atoms with E-state index in [9.17, 15) is 0 Å². The molecule has 0 amide bonds. The van der Waals surface area contributed by atoms with E-state index >= 15 is 0 Å². The molecule has 0 aromatic heterocycles. The van der Waals surface area contributed by atoms with E-state index in [4.69, 9.17) is 14.9 Å². The van der Waals surface area contributed by atoms with Gasteiger partial charge in [-0.05, 0) is 51.4 Å². The number of aliphatic hydroxyl groups is 2. The lowest BCUT2D eigenvalue weighted by molar-refractivity contribution is -0.187. The van der Waals surface area contributed by atoms with E-state index in [2.05, 4.69) is 41.5 Å². The van der Waals surface area contributed by atoms with Gasteiger partial charge in [0.15, 0.2) is 0 Å². The molecule has 0 saturated heterocycles. The second-order valence-electron chi connectivity index (χ2n) is 16.6. The molecule has 0 aliphatic rings. The third-order valence-electron chi connectivity index (χ3n) is 11.6. The van der Waals surface area contributed by atoms with Crippen molar-refractivity contribution in [2.45, 2.75) is 258 Å². The Kier molecular flexibility index (Phi) is 33.0. The van der Waals surface area contributed by atoms with Crippen molar-refractivity contribution in [2.75, 3.05) is 13.2 Å². The van der Waals surface area contributed by atoms with Gasteiger partial charge in [-0.2, -0.15) is 0 Å². The number of ether oxygens (including phenoxy) is 1. The molecule has 0 aliphatic heterocycles. The average Bonchev–Trinajstić information content (AvgIpc) is 3.04. The fraction of sp³-hybridized carbons (Fsp3) is 1.00. The van der Waals surface area contributed by atoms with E-state index < -0.39 is 0 Å². The Hall–Kier alpha value is -0.120. The zero-order valence-corrected chi connectivity index (χ0v) is 33.5. The highest BCUT2D eigenvalue weighted by molar-refractivity contribution is 4.88. The molecule has 0 aromatic carbocycles. The van der Waals surface area contributed by atoms with Gasteiger partial charge in [-0.25, -0.2) is 0 Å². The monoisotopic (exact) mass is 667 g/mol. The maximum absolute atomic E-state index is 8.85. The predicted molar refractivity (Wildman–Crippen MR) is 209 cm³/mol. The summed E-state index contributed by atoms with van der Waals surface area (Å²) in [5.74, 6) is 1.08. The molecule has 3 heteroatoms. The molecule has 2 N–H and O–H groups in total. The highest BCUT2D eigenvalue weighted by atomic mass is 16.5. The molecule has 284 valence electrons. The van der Waals surface area contributed by atoms with E-state index in [0.29, 0.717) is 25.0 Å². The van der Waals surface area contributed by atoms with Crippen LogP contribution in [0.2, 0.25) is 0 Å². The summed E-state index contributed by atoms with van der Waals surface area (Å²) in [6.45, 7) is 15.0. The first kappa shape index (κ1) is 46.9. The van der Waals surface area contributed by atoms with Crippen LogP contribution in [0.15, 0.2) is 0 Å². The van der Waals surface area contributed by atoms with Crippen LogP contribution < -0.4 is 0 Å². The zero-order chi connectivity index (χ0) is 34.9. The van der Waals surface area contributed by atoms with Crippen molar-refractivity contribution in [2.24, 2.45) is 11.8 Å². The highest BCUT2D eigenvalue weighted by Gasteiger charge is 2.39. The molecule has 0 heterocycles.